The molecule has 0 saturated carbocycles. The molecule has 0 aromatic heterocycles. The van der Waals surface area contributed by atoms with Crippen LogP contribution in [0.4, 0.5) is 10.1 Å². The summed E-state index contributed by atoms with van der Waals surface area (Å²) in [7, 11) is 4.19. The Morgan fingerprint density at radius 2 is 2.00 bits per heavy atom. The highest BCUT2D eigenvalue weighted by Gasteiger charge is 2.22. The Morgan fingerprint density at radius 1 is 1.33 bits per heavy atom. The van der Waals surface area contributed by atoms with Crippen molar-refractivity contribution in [2.24, 2.45) is 0 Å². The van der Waals surface area contributed by atoms with Gasteiger partial charge in [-0.2, -0.15) is 0 Å². The Labute approximate surface area is 108 Å². The van der Waals surface area contributed by atoms with Crippen LogP contribution in [0, 0.1) is 5.82 Å². The van der Waals surface area contributed by atoms with Crippen LogP contribution in [-0.4, -0.2) is 43.2 Å². The van der Waals surface area contributed by atoms with Gasteiger partial charge in [-0.3, -0.25) is 0 Å². The lowest BCUT2D eigenvalue weighted by Crippen LogP contribution is -2.42. The monoisotopic (exact) mass is 252 g/mol. The third-order valence-electron chi connectivity index (χ3n) is 3.73. The molecule has 0 unspecified atom stereocenters. The summed E-state index contributed by atoms with van der Waals surface area (Å²) in [5, 5.41) is 8.97. The number of hydrogen-bond acceptors (Lipinski definition) is 3. The number of halogens is 1. The van der Waals surface area contributed by atoms with E-state index in [0.717, 1.165) is 25.9 Å². The molecule has 0 bridgehead atoms. The van der Waals surface area contributed by atoms with Crippen molar-refractivity contribution in [1.29, 1.82) is 0 Å². The Morgan fingerprint density at radius 3 is 2.50 bits per heavy atom. The fourth-order valence-corrected chi connectivity index (χ4v) is 2.53. The summed E-state index contributed by atoms with van der Waals surface area (Å²) in [5.41, 5.74) is 1.28. The zero-order valence-electron chi connectivity index (χ0n) is 11.1. The summed E-state index contributed by atoms with van der Waals surface area (Å²) in [5.74, 6) is -0.232. The predicted octanol–water partition coefficient (Wildman–Crippen LogP) is 1.85. The van der Waals surface area contributed by atoms with Gasteiger partial charge in [0.2, 0.25) is 0 Å². The first-order valence-electron chi connectivity index (χ1n) is 6.42. The fourth-order valence-electron chi connectivity index (χ4n) is 2.53. The number of rotatable bonds is 3. The van der Waals surface area contributed by atoms with Crippen molar-refractivity contribution in [2.75, 3.05) is 32.1 Å². The van der Waals surface area contributed by atoms with Crippen molar-refractivity contribution in [3.8, 4) is 0 Å². The summed E-state index contributed by atoms with van der Waals surface area (Å²) in [4.78, 5) is 4.33. The molecule has 4 heteroatoms. The summed E-state index contributed by atoms with van der Waals surface area (Å²) in [6.45, 7) is 1.66. The first-order chi connectivity index (χ1) is 8.61. The summed E-state index contributed by atoms with van der Waals surface area (Å²) < 4.78 is 13.9. The molecule has 1 aromatic rings. The van der Waals surface area contributed by atoms with Crippen LogP contribution in [-0.2, 0) is 6.61 Å². The van der Waals surface area contributed by atoms with Crippen LogP contribution in [0.1, 0.15) is 18.4 Å². The third kappa shape index (κ3) is 2.82. The van der Waals surface area contributed by atoms with E-state index in [0.29, 0.717) is 17.3 Å². The predicted molar refractivity (Wildman–Crippen MR) is 71.2 cm³/mol. The quantitative estimate of drug-likeness (QED) is 0.889. The van der Waals surface area contributed by atoms with Crippen LogP contribution in [0.2, 0.25) is 0 Å². The van der Waals surface area contributed by atoms with Gasteiger partial charge in [0, 0.05) is 19.1 Å². The molecule has 1 heterocycles. The molecule has 18 heavy (non-hydrogen) atoms. The number of nitrogens with zero attached hydrogens (tertiary/aromatic N) is 2. The van der Waals surface area contributed by atoms with Gasteiger partial charge in [-0.1, -0.05) is 6.07 Å². The van der Waals surface area contributed by atoms with Crippen LogP contribution in [0.25, 0.3) is 0 Å². The lowest BCUT2D eigenvalue weighted by molar-refractivity contribution is 0.249. The lowest BCUT2D eigenvalue weighted by atomic mass is 10.0. The number of anilines is 1. The van der Waals surface area contributed by atoms with Crippen molar-refractivity contribution < 1.29 is 9.50 Å². The molecular weight excluding hydrogens is 231 g/mol. The standard InChI is InChI=1S/C14H21FN2O/c1-16(2)12-5-7-17(8-6-12)14-4-3-11(10-18)9-13(14)15/h3-4,9,12,18H,5-8,10H2,1-2H3. The minimum Gasteiger partial charge on any atom is -0.392 e. The first kappa shape index (κ1) is 13.3. The van der Waals surface area contributed by atoms with E-state index in [1.807, 2.05) is 0 Å². The van der Waals surface area contributed by atoms with Gasteiger partial charge in [-0.15, -0.1) is 0 Å². The van der Waals surface area contributed by atoms with Gasteiger partial charge >= 0.3 is 0 Å². The molecule has 1 fully saturated rings. The Balaban J connectivity index is 2.05. The van der Waals surface area contributed by atoms with E-state index >= 15 is 0 Å². The summed E-state index contributed by atoms with van der Waals surface area (Å²) in [6.07, 6.45) is 2.13. The second-order valence-corrected chi connectivity index (χ2v) is 5.13. The maximum Gasteiger partial charge on any atom is 0.146 e. The highest BCUT2D eigenvalue weighted by Crippen LogP contribution is 2.25. The average Bonchev–Trinajstić information content (AvgIpc) is 2.38. The van der Waals surface area contributed by atoms with Gasteiger partial charge < -0.3 is 14.9 Å². The maximum absolute atomic E-state index is 13.9. The highest BCUT2D eigenvalue weighted by atomic mass is 19.1. The SMILES string of the molecule is CN(C)C1CCN(c2ccc(CO)cc2F)CC1. The number of aliphatic hydroxyl groups is 1. The number of hydrogen-bond donors (Lipinski definition) is 1. The molecule has 0 radical (unpaired) electrons. The minimum absolute atomic E-state index is 0.111. The Bertz CT molecular complexity index is 401. The number of aliphatic hydroxyl groups excluding tert-OH is 1. The van der Waals surface area contributed by atoms with E-state index in [1.165, 1.54) is 6.07 Å². The second kappa shape index (κ2) is 5.67. The molecule has 2 rings (SSSR count). The van der Waals surface area contributed by atoms with Crippen LogP contribution in [0.5, 0.6) is 0 Å². The van der Waals surface area contributed by atoms with E-state index in [2.05, 4.69) is 23.9 Å². The van der Waals surface area contributed by atoms with Crippen LogP contribution in [0.3, 0.4) is 0 Å². The summed E-state index contributed by atoms with van der Waals surface area (Å²) >= 11 is 0. The highest BCUT2D eigenvalue weighted by molar-refractivity contribution is 5.49. The molecule has 1 saturated heterocycles. The fraction of sp³-hybridized carbons (Fsp3) is 0.571. The molecule has 1 aliphatic heterocycles. The third-order valence-corrected chi connectivity index (χ3v) is 3.73. The smallest absolute Gasteiger partial charge is 0.146 e. The maximum atomic E-state index is 13.9. The van der Waals surface area contributed by atoms with Crippen molar-refractivity contribution in [1.82, 2.24) is 4.90 Å². The number of benzene rings is 1. The van der Waals surface area contributed by atoms with Gasteiger partial charge in [0.15, 0.2) is 0 Å². The normalized spacial score (nSPS) is 17.5. The molecule has 0 spiro atoms. The van der Waals surface area contributed by atoms with Gasteiger partial charge in [0.05, 0.1) is 12.3 Å². The molecule has 3 nitrogen and oxygen atoms in total. The van der Waals surface area contributed by atoms with Crippen molar-refractivity contribution in [2.45, 2.75) is 25.5 Å². The van der Waals surface area contributed by atoms with E-state index in [-0.39, 0.29) is 12.4 Å². The molecule has 1 aromatic carbocycles. The van der Waals surface area contributed by atoms with Crippen LogP contribution in [0.15, 0.2) is 18.2 Å². The summed E-state index contributed by atoms with van der Waals surface area (Å²) in [6, 6.07) is 5.58. The Hall–Kier alpha value is -1.13. The van der Waals surface area contributed by atoms with Gasteiger partial charge in [0.25, 0.3) is 0 Å². The first-order valence-corrected chi connectivity index (χ1v) is 6.42. The van der Waals surface area contributed by atoms with E-state index < -0.39 is 0 Å². The Kier molecular flexibility index (Phi) is 4.19. The second-order valence-electron chi connectivity index (χ2n) is 5.13. The zero-order valence-corrected chi connectivity index (χ0v) is 11.1. The van der Waals surface area contributed by atoms with E-state index in [4.69, 9.17) is 5.11 Å². The molecule has 100 valence electrons. The molecule has 0 aliphatic carbocycles. The van der Waals surface area contributed by atoms with Crippen molar-refractivity contribution >= 4 is 5.69 Å². The molecular formula is C14H21FN2O. The average molecular weight is 252 g/mol. The topological polar surface area (TPSA) is 26.7 Å². The van der Waals surface area contributed by atoms with Gasteiger partial charge in [-0.25, -0.2) is 4.39 Å². The molecule has 0 atom stereocenters. The van der Waals surface area contributed by atoms with Crippen molar-refractivity contribution in [3.05, 3.63) is 29.6 Å². The van der Waals surface area contributed by atoms with Crippen LogP contribution >= 0.6 is 0 Å². The van der Waals surface area contributed by atoms with E-state index in [9.17, 15) is 4.39 Å². The van der Waals surface area contributed by atoms with Gasteiger partial charge in [-0.05, 0) is 44.6 Å². The molecule has 1 aliphatic rings. The zero-order chi connectivity index (χ0) is 13.1. The van der Waals surface area contributed by atoms with Crippen molar-refractivity contribution in [3.63, 3.8) is 0 Å². The largest absolute Gasteiger partial charge is 0.392 e. The minimum atomic E-state index is -0.232. The lowest BCUT2D eigenvalue weighted by Gasteiger charge is -2.36. The molecule has 1 N–H and O–H groups in total. The van der Waals surface area contributed by atoms with Gasteiger partial charge in [0.1, 0.15) is 5.82 Å². The van der Waals surface area contributed by atoms with Crippen LogP contribution < -0.4 is 4.90 Å². The number of piperidine rings is 1. The molecule has 0 amide bonds. The van der Waals surface area contributed by atoms with E-state index in [1.54, 1.807) is 12.1 Å².